The van der Waals surface area contributed by atoms with Crippen LogP contribution in [0.5, 0.6) is 0 Å². The molecule has 0 bridgehead atoms. The highest BCUT2D eigenvalue weighted by molar-refractivity contribution is 6.49. The van der Waals surface area contributed by atoms with E-state index in [4.69, 9.17) is 33.0 Å². The van der Waals surface area contributed by atoms with Crippen LogP contribution in [0.1, 0.15) is 6.42 Å². The Hall–Kier alpha value is -0.820. The van der Waals surface area contributed by atoms with Crippen LogP contribution < -0.4 is 5.32 Å². The van der Waals surface area contributed by atoms with Crippen LogP contribution in [0.15, 0.2) is 12.3 Å². The Morgan fingerprint density at radius 1 is 1.67 bits per heavy atom. The van der Waals surface area contributed by atoms with Crippen LogP contribution in [-0.4, -0.2) is 52.6 Å². The summed E-state index contributed by atoms with van der Waals surface area (Å²) in [5.74, 6) is -0.381. The standard InChI is InChI=1S/C10H14Cl2N2O4/c1-13-8(17)2-3-14(6-16)9-10(11,12)4-7(5-15)18-9/h2-3,6-7,9,15H,4-5H2,1H3,(H,13,17)/b3-2-. The molecule has 0 aromatic carbocycles. The first-order valence-corrected chi connectivity index (χ1v) is 5.97. The van der Waals surface area contributed by atoms with Crippen LogP contribution in [0.4, 0.5) is 0 Å². The number of hydrogen-bond acceptors (Lipinski definition) is 4. The monoisotopic (exact) mass is 296 g/mol. The van der Waals surface area contributed by atoms with E-state index in [0.29, 0.717) is 6.41 Å². The number of ether oxygens (including phenoxy) is 1. The first-order chi connectivity index (χ1) is 8.44. The number of aliphatic hydroxyl groups is 1. The fraction of sp³-hybridized carbons (Fsp3) is 0.600. The molecule has 1 rings (SSSR count). The van der Waals surface area contributed by atoms with E-state index in [-0.39, 0.29) is 18.9 Å². The number of hydrogen-bond donors (Lipinski definition) is 2. The molecule has 0 aliphatic carbocycles. The molecule has 2 N–H and O–H groups in total. The Balaban J connectivity index is 2.79. The highest BCUT2D eigenvalue weighted by Gasteiger charge is 2.48. The van der Waals surface area contributed by atoms with E-state index in [1.807, 2.05) is 0 Å². The van der Waals surface area contributed by atoms with E-state index in [0.717, 1.165) is 11.0 Å². The molecule has 0 radical (unpaired) electrons. The molecule has 0 aromatic heterocycles. The van der Waals surface area contributed by atoms with Gasteiger partial charge in [-0.05, 0) is 0 Å². The number of nitrogens with zero attached hydrogens (tertiary/aromatic N) is 1. The zero-order valence-corrected chi connectivity index (χ0v) is 11.2. The molecule has 1 fully saturated rings. The van der Waals surface area contributed by atoms with Crippen molar-refractivity contribution < 1.29 is 19.4 Å². The Kier molecular flexibility index (Phi) is 5.40. The maximum Gasteiger partial charge on any atom is 0.245 e. The molecule has 0 spiro atoms. The zero-order valence-electron chi connectivity index (χ0n) is 9.68. The summed E-state index contributed by atoms with van der Waals surface area (Å²) < 4.78 is 4.01. The maximum atomic E-state index is 11.0. The largest absolute Gasteiger partial charge is 0.394 e. The summed E-state index contributed by atoms with van der Waals surface area (Å²) in [6.07, 6.45) is 1.51. The maximum absolute atomic E-state index is 11.0. The number of amides is 2. The van der Waals surface area contributed by atoms with Crippen LogP contribution in [0.2, 0.25) is 0 Å². The number of aliphatic hydroxyl groups excluding tert-OH is 1. The van der Waals surface area contributed by atoms with Crippen molar-refractivity contribution in [2.24, 2.45) is 0 Å². The summed E-state index contributed by atoms with van der Waals surface area (Å²) in [5.41, 5.74) is 0. The summed E-state index contributed by atoms with van der Waals surface area (Å²) in [5, 5.41) is 11.4. The smallest absolute Gasteiger partial charge is 0.245 e. The van der Waals surface area contributed by atoms with Gasteiger partial charge in [-0.1, -0.05) is 23.2 Å². The molecule has 2 unspecified atom stereocenters. The molecule has 18 heavy (non-hydrogen) atoms. The summed E-state index contributed by atoms with van der Waals surface area (Å²) in [6, 6.07) is 0. The molecule has 0 aromatic rings. The summed E-state index contributed by atoms with van der Waals surface area (Å²) in [6.45, 7) is -0.246. The van der Waals surface area contributed by atoms with Gasteiger partial charge in [-0.3, -0.25) is 14.5 Å². The van der Waals surface area contributed by atoms with Crippen LogP contribution in [-0.2, 0) is 14.3 Å². The SMILES string of the molecule is CNC(=O)/C=C\N(C=O)C1OC(CO)CC1(Cl)Cl. The molecule has 1 aliphatic rings. The molecule has 6 nitrogen and oxygen atoms in total. The molecule has 8 heteroatoms. The van der Waals surface area contributed by atoms with Crippen molar-refractivity contribution in [3.05, 3.63) is 12.3 Å². The van der Waals surface area contributed by atoms with E-state index in [2.05, 4.69) is 5.32 Å². The third-order valence-electron chi connectivity index (χ3n) is 2.42. The molecule has 2 atom stereocenters. The van der Waals surface area contributed by atoms with Crippen molar-refractivity contribution in [2.75, 3.05) is 13.7 Å². The van der Waals surface area contributed by atoms with Crippen molar-refractivity contribution in [3.8, 4) is 0 Å². The number of carbonyl (C=O) groups excluding carboxylic acids is 2. The second-order valence-corrected chi connectivity index (χ2v) is 5.28. The lowest BCUT2D eigenvalue weighted by Crippen LogP contribution is -2.40. The Morgan fingerprint density at radius 2 is 2.33 bits per heavy atom. The third-order valence-corrected chi connectivity index (χ3v) is 3.11. The summed E-state index contributed by atoms with van der Waals surface area (Å²) in [7, 11) is 1.46. The minimum atomic E-state index is -1.33. The van der Waals surface area contributed by atoms with Gasteiger partial charge in [0.05, 0.1) is 12.7 Å². The highest BCUT2D eigenvalue weighted by atomic mass is 35.5. The van der Waals surface area contributed by atoms with Crippen molar-refractivity contribution in [1.29, 1.82) is 0 Å². The van der Waals surface area contributed by atoms with Crippen molar-refractivity contribution in [3.63, 3.8) is 0 Å². The third kappa shape index (κ3) is 3.58. The molecule has 0 saturated carbocycles. The number of alkyl halides is 2. The number of nitrogens with one attached hydrogen (secondary N) is 1. The van der Waals surface area contributed by atoms with Gasteiger partial charge in [0.15, 0.2) is 10.6 Å². The van der Waals surface area contributed by atoms with Crippen LogP contribution >= 0.6 is 23.2 Å². The van der Waals surface area contributed by atoms with Gasteiger partial charge in [-0.2, -0.15) is 0 Å². The minimum Gasteiger partial charge on any atom is -0.394 e. The van der Waals surface area contributed by atoms with Gasteiger partial charge in [0.2, 0.25) is 12.3 Å². The molecule has 2 amide bonds. The average molecular weight is 297 g/mol. The minimum absolute atomic E-state index is 0.190. The first-order valence-electron chi connectivity index (χ1n) is 5.21. The van der Waals surface area contributed by atoms with Gasteiger partial charge in [-0.15, -0.1) is 0 Å². The highest BCUT2D eigenvalue weighted by Crippen LogP contribution is 2.41. The van der Waals surface area contributed by atoms with Gasteiger partial charge < -0.3 is 15.2 Å². The lowest BCUT2D eigenvalue weighted by molar-refractivity contribution is -0.127. The molecule has 1 heterocycles. The van der Waals surface area contributed by atoms with E-state index in [1.165, 1.54) is 13.2 Å². The quantitative estimate of drug-likeness (QED) is 0.425. The van der Waals surface area contributed by atoms with Crippen molar-refractivity contribution in [2.45, 2.75) is 23.1 Å². The van der Waals surface area contributed by atoms with E-state index in [9.17, 15) is 9.59 Å². The Labute approximate surface area is 114 Å². The number of carbonyl (C=O) groups is 2. The lowest BCUT2D eigenvalue weighted by Gasteiger charge is -2.27. The van der Waals surface area contributed by atoms with Gasteiger partial charge >= 0.3 is 0 Å². The van der Waals surface area contributed by atoms with Crippen LogP contribution in [0.3, 0.4) is 0 Å². The molecule has 1 saturated heterocycles. The Bertz CT molecular complexity index is 349. The van der Waals surface area contributed by atoms with Gasteiger partial charge in [0, 0.05) is 25.7 Å². The second-order valence-electron chi connectivity index (χ2n) is 3.74. The molecule has 1 aliphatic heterocycles. The predicted octanol–water partition coefficient (Wildman–Crippen LogP) is -0.0143. The molecule has 102 valence electrons. The number of rotatable bonds is 5. The predicted molar refractivity (Wildman–Crippen MR) is 65.9 cm³/mol. The summed E-state index contributed by atoms with van der Waals surface area (Å²) in [4.78, 5) is 23.0. The van der Waals surface area contributed by atoms with Gasteiger partial charge in [-0.25, -0.2) is 0 Å². The number of halogens is 2. The summed E-state index contributed by atoms with van der Waals surface area (Å²) >= 11 is 12.0. The van der Waals surface area contributed by atoms with E-state index < -0.39 is 16.7 Å². The van der Waals surface area contributed by atoms with Crippen LogP contribution in [0, 0.1) is 0 Å². The zero-order chi connectivity index (χ0) is 13.8. The van der Waals surface area contributed by atoms with E-state index >= 15 is 0 Å². The first kappa shape index (κ1) is 15.2. The average Bonchev–Trinajstić information content (AvgIpc) is 2.65. The fourth-order valence-electron chi connectivity index (χ4n) is 1.54. The van der Waals surface area contributed by atoms with Crippen molar-refractivity contribution in [1.82, 2.24) is 10.2 Å². The number of likely N-dealkylation sites (N-methyl/N-ethyl adjacent to an activating group) is 1. The van der Waals surface area contributed by atoms with Crippen molar-refractivity contribution >= 4 is 35.5 Å². The van der Waals surface area contributed by atoms with E-state index in [1.54, 1.807) is 0 Å². The fourth-order valence-corrected chi connectivity index (χ4v) is 2.21. The topological polar surface area (TPSA) is 78.9 Å². The normalized spacial score (nSPS) is 26.2. The second kappa shape index (κ2) is 6.38. The lowest BCUT2D eigenvalue weighted by atomic mass is 10.2. The van der Waals surface area contributed by atoms with Gasteiger partial charge in [0.25, 0.3) is 0 Å². The Morgan fingerprint density at radius 3 is 2.78 bits per heavy atom. The van der Waals surface area contributed by atoms with Crippen LogP contribution in [0.25, 0.3) is 0 Å². The molecular formula is C10H14Cl2N2O4. The molecular weight excluding hydrogens is 283 g/mol. The van der Waals surface area contributed by atoms with Gasteiger partial charge in [0.1, 0.15) is 0 Å².